The quantitative estimate of drug-likeness (QED) is 0.602. The van der Waals surface area contributed by atoms with E-state index in [1.165, 1.54) is 6.07 Å². The summed E-state index contributed by atoms with van der Waals surface area (Å²) < 4.78 is 15.0. The van der Waals surface area contributed by atoms with Gasteiger partial charge in [0, 0.05) is 10.0 Å². The molecule has 2 rings (SSSR count). The van der Waals surface area contributed by atoms with E-state index < -0.39 is 5.38 Å². The molecule has 0 saturated heterocycles. The van der Waals surface area contributed by atoms with Gasteiger partial charge in [0.05, 0.1) is 5.38 Å². The van der Waals surface area contributed by atoms with Crippen LogP contribution in [0.5, 0.6) is 0 Å². The van der Waals surface area contributed by atoms with Gasteiger partial charge in [-0.3, -0.25) is 0 Å². The van der Waals surface area contributed by atoms with E-state index in [-0.39, 0.29) is 5.82 Å². The molecule has 0 saturated carbocycles. The molecule has 0 bridgehead atoms. The second-order valence-electron chi connectivity index (χ2n) is 4.85. The summed E-state index contributed by atoms with van der Waals surface area (Å²) in [6.45, 7) is 5.93. The molecule has 19 heavy (non-hydrogen) atoms. The molecular formula is C16H15BrClF. The van der Waals surface area contributed by atoms with Gasteiger partial charge in [-0.2, -0.15) is 0 Å². The first-order chi connectivity index (χ1) is 8.90. The Kier molecular flexibility index (Phi) is 4.32. The zero-order valence-corrected chi connectivity index (χ0v) is 13.4. The largest absolute Gasteiger partial charge is 0.207 e. The number of rotatable bonds is 2. The fraction of sp³-hybridized carbons (Fsp3) is 0.250. The summed E-state index contributed by atoms with van der Waals surface area (Å²) in [4.78, 5) is 0. The average molecular weight is 342 g/mol. The molecule has 2 aromatic carbocycles. The molecule has 2 aromatic rings. The molecule has 100 valence electrons. The topological polar surface area (TPSA) is 0 Å². The SMILES string of the molecule is Cc1ccc(F)c(C(Cl)c2cc(C)c(Br)cc2C)c1. The van der Waals surface area contributed by atoms with Crippen molar-refractivity contribution in [1.29, 1.82) is 0 Å². The van der Waals surface area contributed by atoms with E-state index in [1.807, 2.05) is 39.0 Å². The van der Waals surface area contributed by atoms with E-state index in [9.17, 15) is 4.39 Å². The highest BCUT2D eigenvalue weighted by Gasteiger charge is 2.18. The van der Waals surface area contributed by atoms with Crippen molar-refractivity contribution < 1.29 is 4.39 Å². The Morgan fingerprint density at radius 2 is 1.68 bits per heavy atom. The lowest BCUT2D eigenvalue weighted by Gasteiger charge is -2.16. The Morgan fingerprint density at radius 3 is 2.37 bits per heavy atom. The van der Waals surface area contributed by atoms with E-state index in [0.717, 1.165) is 26.7 Å². The van der Waals surface area contributed by atoms with E-state index in [1.54, 1.807) is 6.07 Å². The zero-order valence-electron chi connectivity index (χ0n) is 11.1. The van der Waals surface area contributed by atoms with Crippen molar-refractivity contribution in [2.45, 2.75) is 26.1 Å². The summed E-state index contributed by atoms with van der Waals surface area (Å²) in [6.07, 6.45) is 0. The third kappa shape index (κ3) is 3.01. The molecular weight excluding hydrogens is 327 g/mol. The smallest absolute Gasteiger partial charge is 0.128 e. The molecule has 0 aliphatic carbocycles. The Labute approximate surface area is 126 Å². The van der Waals surface area contributed by atoms with Crippen LogP contribution in [0.2, 0.25) is 0 Å². The van der Waals surface area contributed by atoms with E-state index in [0.29, 0.717) is 5.56 Å². The fourth-order valence-corrected chi connectivity index (χ4v) is 2.96. The van der Waals surface area contributed by atoms with Crippen LogP contribution < -0.4 is 0 Å². The first kappa shape index (κ1) is 14.5. The fourth-order valence-electron chi connectivity index (χ4n) is 2.10. The molecule has 0 aliphatic heterocycles. The minimum absolute atomic E-state index is 0.259. The lowest BCUT2D eigenvalue weighted by Crippen LogP contribution is -2.01. The number of alkyl halides is 1. The second kappa shape index (κ2) is 5.64. The van der Waals surface area contributed by atoms with E-state index in [4.69, 9.17) is 11.6 Å². The van der Waals surface area contributed by atoms with Crippen LogP contribution >= 0.6 is 27.5 Å². The Balaban J connectivity index is 2.52. The Hall–Kier alpha value is -0.860. The molecule has 0 amide bonds. The average Bonchev–Trinajstić information content (AvgIpc) is 2.36. The minimum Gasteiger partial charge on any atom is -0.207 e. The first-order valence-electron chi connectivity index (χ1n) is 6.07. The normalized spacial score (nSPS) is 12.5. The summed E-state index contributed by atoms with van der Waals surface area (Å²) in [5.74, 6) is -0.259. The lowest BCUT2D eigenvalue weighted by atomic mass is 9.97. The van der Waals surface area contributed by atoms with Crippen LogP contribution in [-0.2, 0) is 0 Å². The van der Waals surface area contributed by atoms with Crippen molar-refractivity contribution >= 4 is 27.5 Å². The number of hydrogen-bond donors (Lipinski definition) is 0. The van der Waals surface area contributed by atoms with Crippen LogP contribution in [0.1, 0.15) is 33.2 Å². The molecule has 0 fully saturated rings. The van der Waals surface area contributed by atoms with E-state index >= 15 is 0 Å². The molecule has 0 heterocycles. The molecule has 0 aliphatic rings. The summed E-state index contributed by atoms with van der Waals surface area (Å²) >= 11 is 9.98. The van der Waals surface area contributed by atoms with Gasteiger partial charge in [0.15, 0.2) is 0 Å². The van der Waals surface area contributed by atoms with Crippen molar-refractivity contribution in [2.24, 2.45) is 0 Å². The Bertz CT molecular complexity index is 622. The zero-order chi connectivity index (χ0) is 14.2. The standard InChI is InChI=1S/C16H15BrClF/c1-9-4-5-15(19)13(6-9)16(18)12-7-11(3)14(17)8-10(12)2/h4-8,16H,1-3H3. The predicted octanol–water partition coefficient (Wildman–Crippen LogP) is 5.84. The first-order valence-corrected chi connectivity index (χ1v) is 7.30. The highest BCUT2D eigenvalue weighted by atomic mass is 79.9. The van der Waals surface area contributed by atoms with Crippen molar-refractivity contribution in [2.75, 3.05) is 0 Å². The highest BCUT2D eigenvalue weighted by Crippen LogP contribution is 2.35. The number of halogens is 3. The van der Waals surface area contributed by atoms with Gasteiger partial charge in [-0.25, -0.2) is 4.39 Å². The van der Waals surface area contributed by atoms with Gasteiger partial charge in [-0.1, -0.05) is 39.7 Å². The Morgan fingerprint density at radius 1 is 1.00 bits per heavy atom. The molecule has 0 radical (unpaired) electrons. The summed E-state index contributed by atoms with van der Waals surface area (Å²) in [7, 11) is 0. The molecule has 0 aromatic heterocycles. The van der Waals surface area contributed by atoms with Crippen molar-refractivity contribution in [3.63, 3.8) is 0 Å². The van der Waals surface area contributed by atoms with Crippen LogP contribution in [0, 0.1) is 26.6 Å². The van der Waals surface area contributed by atoms with E-state index in [2.05, 4.69) is 15.9 Å². The molecule has 0 spiro atoms. The summed E-state index contributed by atoms with van der Waals surface area (Å²) in [5, 5.41) is -0.466. The monoisotopic (exact) mass is 340 g/mol. The van der Waals surface area contributed by atoms with Gasteiger partial charge in [0.2, 0.25) is 0 Å². The molecule has 1 unspecified atom stereocenters. The van der Waals surface area contributed by atoms with Crippen LogP contribution in [0.15, 0.2) is 34.8 Å². The number of aryl methyl sites for hydroxylation is 3. The van der Waals surface area contributed by atoms with Crippen molar-refractivity contribution in [3.05, 3.63) is 68.4 Å². The molecule has 1 atom stereocenters. The molecule has 0 nitrogen and oxygen atoms in total. The van der Waals surface area contributed by atoms with Gasteiger partial charge in [0.25, 0.3) is 0 Å². The minimum atomic E-state index is -0.466. The van der Waals surface area contributed by atoms with Crippen LogP contribution in [0.3, 0.4) is 0 Å². The molecule has 3 heteroatoms. The van der Waals surface area contributed by atoms with Crippen LogP contribution in [0.25, 0.3) is 0 Å². The van der Waals surface area contributed by atoms with Gasteiger partial charge in [0.1, 0.15) is 5.82 Å². The summed E-state index contributed by atoms with van der Waals surface area (Å²) in [5.41, 5.74) is 4.64. The van der Waals surface area contributed by atoms with Gasteiger partial charge >= 0.3 is 0 Å². The summed E-state index contributed by atoms with van der Waals surface area (Å²) in [6, 6.07) is 9.07. The van der Waals surface area contributed by atoms with Gasteiger partial charge < -0.3 is 0 Å². The van der Waals surface area contributed by atoms with Crippen LogP contribution in [-0.4, -0.2) is 0 Å². The maximum Gasteiger partial charge on any atom is 0.128 e. The second-order valence-corrected chi connectivity index (χ2v) is 6.14. The highest BCUT2D eigenvalue weighted by molar-refractivity contribution is 9.10. The van der Waals surface area contributed by atoms with Crippen molar-refractivity contribution in [3.8, 4) is 0 Å². The van der Waals surface area contributed by atoms with Gasteiger partial charge in [-0.15, -0.1) is 11.6 Å². The third-order valence-electron chi connectivity index (χ3n) is 3.24. The third-order valence-corrected chi connectivity index (χ3v) is 4.57. The van der Waals surface area contributed by atoms with Gasteiger partial charge in [-0.05, 0) is 49.6 Å². The predicted molar refractivity (Wildman–Crippen MR) is 82.4 cm³/mol. The maximum absolute atomic E-state index is 13.9. The van der Waals surface area contributed by atoms with Crippen molar-refractivity contribution in [1.82, 2.24) is 0 Å². The number of benzene rings is 2. The maximum atomic E-state index is 13.9. The number of hydrogen-bond acceptors (Lipinski definition) is 0. The lowest BCUT2D eigenvalue weighted by molar-refractivity contribution is 0.611. The molecule has 0 N–H and O–H groups in total. The van der Waals surface area contributed by atoms with Crippen LogP contribution in [0.4, 0.5) is 4.39 Å².